The third-order valence-corrected chi connectivity index (χ3v) is 2.23. The van der Waals surface area contributed by atoms with Gasteiger partial charge in [0.25, 0.3) is 5.56 Å². The van der Waals surface area contributed by atoms with Crippen LogP contribution < -0.4 is 5.56 Å². The molecule has 2 aromatic rings. The van der Waals surface area contributed by atoms with Crippen LogP contribution in [0.4, 0.5) is 0 Å². The maximum absolute atomic E-state index is 11.7. The molecule has 2 rings (SSSR count). The zero-order chi connectivity index (χ0) is 11.0. The molecule has 15 heavy (non-hydrogen) atoms. The van der Waals surface area contributed by atoms with Crippen molar-refractivity contribution in [3.63, 3.8) is 0 Å². The molecule has 0 amide bonds. The molecule has 5 nitrogen and oxygen atoms in total. The van der Waals surface area contributed by atoms with E-state index >= 15 is 0 Å². The van der Waals surface area contributed by atoms with Crippen LogP contribution in [0.2, 0.25) is 0 Å². The Kier molecular flexibility index (Phi) is 2.15. The Balaban J connectivity index is 2.64. The fourth-order valence-corrected chi connectivity index (χ4v) is 1.47. The largest absolute Gasteiger partial charge is 0.299 e. The molecule has 5 heteroatoms. The number of hydrogen-bond acceptors (Lipinski definition) is 3. The van der Waals surface area contributed by atoms with Gasteiger partial charge in [0.1, 0.15) is 5.56 Å². The number of aromatic nitrogens is 4. The second-order valence-electron chi connectivity index (χ2n) is 3.56. The number of nitrogens with zero attached hydrogens (tertiary/aromatic N) is 3. The van der Waals surface area contributed by atoms with Crippen LogP contribution in [0.5, 0.6) is 0 Å². The smallest absolute Gasteiger partial charge is 0.277 e. The lowest BCUT2D eigenvalue weighted by Gasteiger charge is -1.96. The standard InChI is InChI=1S/C10H12N4O/c1-6-4-11-9(12-5-6)8-7(2)13-14(3)10(8)15/h4-5,13H,1-3H3. The first kappa shape index (κ1) is 9.64. The molecular weight excluding hydrogens is 192 g/mol. The molecule has 0 bridgehead atoms. The minimum Gasteiger partial charge on any atom is -0.299 e. The molecule has 0 radical (unpaired) electrons. The first-order valence-electron chi connectivity index (χ1n) is 4.64. The van der Waals surface area contributed by atoms with Crippen molar-refractivity contribution in [1.82, 2.24) is 19.7 Å². The molecule has 0 spiro atoms. The van der Waals surface area contributed by atoms with Crippen LogP contribution in [0, 0.1) is 13.8 Å². The monoisotopic (exact) mass is 204 g/mol. The van der Waals surface area contributed by atoms with E-state index in [-0.39, 0.29) is 5.56 Å². The van der Waals surface area contributed by atoms with Gasteiger partial charge in [0, 0.05) is 25.1 Å². The van der Waals surface area contributed by atoms with Gasteiger partial charge in [-0.3, -0.25) is 14.6 Å². The quantitative estimate of drug-likeness (QED) is 0.746. The van der Waals surface area contributed by atoms with Crippen molar-refractivity contribution in [3.05, 3.63) is 34.0 Å². The lowest BCUT2D eigenvalue weighted by molar-refractivity contribution is 0.731. The molecule has 2 heterocycles. The van der Waals surface area contributed by atoms with Crippen molar-refractivity contribution < 1.29 is 0 Å². The Morgan fingerprint density at radius 1 is 1.27 bits per heavy atom. The molecule has 0 aromatic carbocycles. The second-order valence-corrected chi connectivity index (χ2v) is 3.56. The predicted molar refractivity (Wildman–Crippen MR) is 56.5 cm³/mol. The summed E-state index contributed by atoms with van der Waals surface area (Å²) in [7, 11) is 1.67. The summed E-state index contributed by atoms with van der Waals surface area (Å²) >= 11 is 0. The summed E-state index contributed by atoms with van der Waals surface area (Å²) < 4.78 is 1.42. The summed E-state index contributed by atoms with van der Waals surface area (Å²) in [6, 6.07) is 0. The van der Waals surface area contributed by atoms with E-state index in [0.717, 1.165) is 11.3 Å². The van der Waals surface area contributed by atoms with E-state index in [0.29, 0.717) is 11.4 Å². The molecule has 0 fully saturated rings. The summed E-state index contributed by atoms with van der Waals surface area (Å²) in [4.78, 5) is 20.0. The van der Waals surface area contributed by atoms with E-state index < -0.39 is 0 Å². The Bertz CT molecular complexity index is 536. The van der Waals surface area contributed by atoms with Crippen molar-refractivity contribution >= 4 is 0 Å². The van der Waals surface area contributed by atoms with E-state index in [1.54, 1.807) is 19.4 Å². The van der Waals surface area contributed by atoms with Crippen LogP contribution >= 0.6 is 0 Å². The van der Waals surface area contributed by atoms with E-state index in [2.05, 4.69) is 15.1 Å². The Labute approximate surface area is 86.8 Å². The lowest BCUT2D eigenvalue weighted by Crippen LogP contribution is -2.13. The normalized spacial score (nSPS) is 10.6. The molecular formula is C10H12N4O. The highest BCUT2D eigenvalue weighted by molar-refractivity contribution is 5.56. The zero-order valence-electron chi connectivity index (χ0n) is 8.90. The minimum absolute atomic E-state index is 0.101. The van der Waals surface area contributed by atoms with Crippen molar-refractivity contribution in [2.24, 2.45) is 7.05 Å². The number of H-pyrrole nitrogens is 1. The average Bonchev–Trinajstić information content (AvgIpc) is 2.44. The SMILES string of the molecule is Cc1cnc(-c2c(C)[nH]n(C)c2=O)nc1. The zero-order valence-corrected chi connectivity index (χ0v) is 8.90. The minimum atomic E-state index is -0.101. The van der Waals surface area contributed by atoms with Crippen LogP contribution in [0.25, 0.3) is 11.4 Å². The van der Waals surface area contributed by atoms with Gasteiger partial charge in [-0.25, -0.2) is 9.97 Å². The van der Waals surface area contributed by atoms with Gasteiger partial charge in [-0.1, -0.05) is 0 Å². The fourth-order valence-electron chi connectivity index (χ4n) is 1.47. The van der Waals surface area contributed by atoms with Gasteiger partial charge in [0.05, 0.1) is 0 Å². The Morgan fingerprint density at radius 3 is 2.33 bits per heavy atom. The molecule has 0 aliphatic carbocycles. The van der Waals surface area contributed by atoms with Crippen LogP contribution in [0.3, 0.4) is 0 Å². The van der Waals surface area contributed by atoms with E-state index in [1.807, 2.05) is 13.8 Å². The summed E-state index contributed by atoms with van der Waals surface area (Å²) in [5.74, 6) is 0.472. The molecule has 1 N–H and O–H groups in total. The molecule has 0 saturated heterocycles. The highest BCUT2D eigenvalue weighted by atomic mass is 16.1. The maximum atomic E-state index is 11.7. The third kappa shape index (κ3) is 1.56. The summed E-state index contributed by atoms with van der Waals surface area (Å²) in [5.41, 5.74) is 2.20. The first-order valence-corrected chi connectivity index (χ1v) is 4.64. The van der Waals surface area contributed by atoms with Crippen LogP contribution in [-0.2, 0) is 7.05 Å². The van der Waals surface area contributed by atoms with Gasteiger partial charge in [0.15, 0.2) is 5.82 Å². The van der Waals surface area contributed by atoms with Gasteiger partial charge >= 0.3 is 0 Å². The van der Waals surface area contributed by atoms with Crippen LogP contribution in [0.15, 0.2) is 17.2 Å². The van der Waals surface area contributed by atoms with Gasteiger partial charge in [-0.2, -0.15) is 0 Å². The lowest BCUT2D eigenvalue weighted by atomic mass is 10.2. The van der Waals surface area contributed by atoms with E-state index in [4.69, 9.17) is 0 Å². The number of aryl methyl sites for hydroxylation is 3. The van der Waals surface area contributed by atoms with Crippen LogP contribution in [-0.4, -0.2) is 19.7 Å². The number of rotatable bonds is 1. The predicted octanol–water partition coefficient (Wildman–Crippen LogP) is 0.787. The summed E-state index contributed by atoms with van der Waals surface area (Å²) in [6.07, 6.45) is 3.41. The number of nitrogens with one attached hydrogen (secondary N) is 1. The van der Waals surface area contributed by atoms with Crippen molar-refractivity contribution in [2.45, 2.75) is 13.8 Å². The topological polar surface area (TPSA) is 63.6 Å². The number of hydrogen-bond donors (Lipinski definition) is 1. The Morgan fingerprint density at radius 2 is 1.87 bits per heavy atom. The van der Waals surface area contributed by atoms with Gasteiger partial charge in [-0.05, 0) is 19.4 Å². The van der Waals surface area contributed by atoms with Crippen molar-refractivity contribution in [1.29, 1.82) is 0 Å². The first-order chi connectivity index (χ1) is 7.09. The molecule has 0 aliphatic rings. The van der Waals surface area contributed by atoms with E-state index in [9.17, 15) is 4.79 Å². The molecule has 0 saturated carbocycles. The van der Waals surface area contributed by atoms with Gasteiger partial charge < -0.3 is 0 Å². The molecule has 78 valence electrons. The average molecular weight is 204 g/mol. The van der Waals surface area contributed by atoms with Gasteiger partial charge in [-0.15, -0.1) is 0 Å². The second kappa shape index (κ2) is 3.34. The number of aromatic amines is 1. The molecule has 2 aromatic heterocycles. The van der Waals surface area contributed by atoms with Crippen molar-refractivity contribution in [2.75, 3.05) is 0 Å². The third-order valence-electron chi connectivity index (χ3n) is 2.23. The summed E-state index contributed by atoms with van der Waals surface area (Å²) in [5, 5.41) is 2.91. The van der Waals surface area contributed by atoms with Crippen LogP contribution in [0.1, 0.15) is 11.3 Å². The van der Waals surface area contributed by atoms with E-state index in [1.165, 1.54) is 4.68 Å². The molecule has 0 aliphatic heterocycles. The van der Waals surface area contributed by atoms with Gasteiger partial charge in [0.2, 0.25) is 0 Å². The fraction of sp³-hybridized carbons (Fsp3) is 0.300. The Hall–Kier alpha value is -1.91. The maximum Gasteiger partial charge on any atom is 0.277 e. The highest BCUT2D eigenvalue weighted by Crippen LogP contribution is 2.12. The van der Waals surface area contributed by atoms with Crippen molar-refractivity contribution in [3.8, 4) is 11.4 Å². The molecule has 0 unspecified atom stereocenters. The molecule has 0 atom stereocenters. The summed E-state index contributed by atoms with van der Waals surface area (Å²) in [6.45, 7) is 3.74. The highest BCUT2D eigenvalue weighted by Gasteiger charge is 2.13.